The van der Waals surface area contributed by atoms with Crippen molar-refractivity contribution < 1.29 is 0 Å². The Hall–Kier alpha value is -0.260. The fraction of sp³-hybridized carbons (Fsp3) is 0.905. The van der Waals surface area contributed by atoms with E-state index >= 15 is 0 Å². The molecule has 0 aromatic carbocycles. The van der Waals surface area contributed by atoms with E-state index in [2.05, 4.69) is 60.6 Å². The molecule has 0 bridgehead atoms. The van der Waals surface area contributed by atoms with Gasteiger partial charge in [0, 0.05) is 0 Å². The lowest BCUT2D eigenvalue weighted by Crippen LogP contribution is -2.32. The predicted molar refractivity (Wildman–Crippen MR) is 96.4 cm³/mol. The lowest BCUT2D eigenvalue weighted by molar-refractivity contribution is 0.0924. The number of hydrogen-bond acceptors (Lipinski definition) is 0. The summed E-state index contributed by atoms with van der Waals surface area (Å²) < 4.78 is 0. The fourth-order valence-corrected chi connectivity index (χ4v) is 4.14. The molecule has 0 N–H and O–H groups in total. The van der Waals surface area contributed by atoms with Crippen LogP contribution in [0.25, 0.3) is 0 Å². The molecule has 0 aromatic rings. The quantitative estimate of drug-likeness (QED) is 0.445. The molecule has 0 nitrogen and oxygen atoms in total. The zero-order valence-electron chi connectivity index (χ0n) is 15.7. The molecule has 0 spiro atoms. The van der Waals surface area contributed by atoms with Crippen molar-refractivity contribution in [3.63, 3.8) is 0 Å². The molecule has 5 unspecified atom stereocenters. The van der Waals surface area contributed by atoms with Gasteiger partial charge in [-0.05, 0) is 73.5 Å². The lowest BCUT2D eigenvalue weighted by Gasteiger charge is -2.41. The van der Waals surface area contributed by atoms with E-state index in [0.29, 0.717) is 5.92 Å². The summed E-state index contributed by atoms with van der Waals surface area (Å²) in [7, 11) is 0. The maximum atomic E-state index is 2.52. The molecule has 0 aromatic heterocycles. The molecule has 0 saturated heterocycles. The highest BCUT2D eigenvalue weighted by molar-refractivity contribution is 4.90. The Balaban J connectivity index is 2.41. The van der Waals surface area contributed by atoms with Crippen LogP contribution in [-0.2, 0) is 0 Å². The summed E-state index contributed by atoms with van der Waals surface area (Å²) in [4.78, 5) is 0. The van der Waals surface area contributed by atoms with Crippen molar-refractivity contribution in [2.75, 3.05) is 0 Å². The molecule has 1 aliphatic carbocycles. The van der Waals surface area contributed by atoms with Crippen LogP contribution in [0.5, 0.6) is 0 Å². The van der Waals surface area contributed by atoms with Crippen LogP contribution in [-0.4, -0.2) is 0 Å². The normalized spacial score (nSPS) is 32.2. The van der Waals surface area contributed by atoms with Crippen LogP contribution in [0.15, 0.2) is 12.2 Å². The van der Waals surface area contributed by atoms with Crippen LogP contribution >= 0.6 is 0 Å². The second kappa shape index (κ2) is 9.01. The highest BCUT2D eigenvalue weighted by Crippen LogP contribution is 2.43. The predicted octanol–water partition coefficient (Wildman–Crippen LogP) is 6.96. The maximum absolute atomic E-state index is 2.52. The number of allylic oxidation sites excluding steroid dienone is 2. The molecule has 0 aliphatic heterocycles. The van der Waals surface area contributed by atoms with Crippen LogP contribution in [0, 0.1) is 41.4 Å². The van der Waals surface area contributed by atoms with Gasteiger partial charge in [0.05, 0.1) is 0 Å². The first kappa shape index (κ1) is 18.8. The third-order valence-electron chi connectivity index (χ3n) is 5.82. The largest absolute Gasteiger partial charge is 0.0857 e. The molecule has 1 saturated carbocycles. The molecule has 5 atom stereocenters. The molecular weight excluding hydrogens is 252 g/mol. The summed E-state index contributed by atoms with van der Waals surface area (Å²) in [5.41, 5.74) is 0. The van der Waals surface area contributed by atoms with Gasteiger partial charge in [0.25, 0.3) is 0 Å². The molecule has 0 heteroatoms. The highest BCUT2D eigenvalue weighted by Gasteiger charge is 2.33. The van der Waals surface area contributed by atoms with Gasteiger partial charge < -0.3 is 0 Å². The number of rotatable bonds is 7. The van der Waals surface area contributed by atoms with Crippen molar-refractivity contribution in [3.05, 3.63) is 12.2 Å². The summed E-state index contributed by atoms with van der Waals surface area (Å²) in [6.45, 7) is 16.7. The smallest absolute Gasteiger partial charge is 0.0262 e. The summed E-state index contributed by atoms with van der Waals surface area (Å²) in [6.07, 6.45) is 12.0. The van der Waals surface area contributed by atoms with Gasteiger partial charge in [-0.3, -0.25) is 0 Å². The minimum atomic E-state index is 0.692. The summed E-state index contributed by atoms with van der Waals surface area (Å²) in [5, 5.41) is 0. The molecule has 0 amide bonds. The molecule has 1 fully saturated rings. The molecule has 1 aliphatic rings. The summed E-state index contributed by atoms with van der Waals surface area (Å²) in [6, 6.07) is 0. The van der Waals surface area contributed by atoms with E-state index in [4.69, 9.17) is 0 Å². The molecular formula is C21H40. The molecule has 0 heterocycles. The second-order valence-corrected chi connectivity index (χ2v) is 8.63. The molecule has 21 heavy (non-hydrogen) atoms. The van der Waals surface area contributed by atoms with Crippen molar-refractivity contribution in [2.45, 2.75) is 80.6 Å². The van der Waals surface area contributed by atoms with Crippen molar-refractivity contribution in [1.29, 1.82) is 0 Å². The Kier molecular flexibility index (Phi) is 8.06. The van der Waals surface area contributed by atoms with Crippen molar-refractivity contribution in [2.24, 2.45) is 41.4 Å². The topological polar surface area (TPSA) is 0 Å². The van der Waals surface area contributed by atoms with E-state index < -0.39 is 0 Å². The van der Waals surface area contributed by atoms with Crippen molar-refractivity contribution in [1.82, 2.24) is 0 Å². The van der Waals surface area contributed by atoms with Crippen LogP contribution in [0.3, 0.4) is 0 Å². The maximum Gasteiger partial charge on any atom is -0.0262 e. The van der Waals surface area contributed by atoms with Gasteiger partial charge in [-0.15, -0.1) is 0 Å². The van der Waals surface area contributed by atoms with Gasteiger partial charge in [-0.25, -0.2) is 0 Å². The Labute approximate surface area is 134 Å². The Bertz CT molecular complexity index is 299. The SMILES string of the molecule is CC(C)C=CC(C)CCC1CCC(CC(C)C)C(C)C1C. The van der Waals surface area contributed by atoms with E-state index in [1.54, 1.807) is 0 Å². The fourth-order valence-electron chi connectivity index (χ4n) is 4.14. The van der Waals surface area contributed by atoms with Gasteiger partial charge in [0.15, 0.2) is 0 Å². The highest BCUT2D eigenvalue weighted by atomic mass is 14.4. The zero-order valence-corrected chi connectivity index (χ0v) is 15.7. The standard InChI is InChI=1S/C21H40/c1-15(2)8-9-17(5)10-11-20-12-13-21(14-16(3)4)19(7)18(20)6/h8-9,15-21H,10-14H2,1-7H3. The van der Waals surface area contributed by atoms with E-state index in [1.807, 2.05) is 0 Å². The Morgan fingerprint density at radius 2 is 1.43 bits per heavy atom. The van der Waals surface area contributed by atoms with Crippen LogP contribution < -0.4 is 0 Å². The van der Waals surface area contributed by atoms with Gasteiger partial charge in [0.1, 0.15) is 0 Å². The number of hydrogen-bond donors (Lipinski definition) is 0. The van der Waals surface area contributed by atoms with Crippen molar-refractivity contribution in [3.8, 4) is 0 Å². The van der Waals surface area contributed by atoms with E-state index in [9.17, 15) is 0 Å². The van der Waals surface area contributed by atoms with E-state index in [1.165, 1.54) is 32.1 Å². The van der Waals surface area contributed by atoms with Gasteiger partial charge in [-0.2, -0.15) is 0 Å². The first-order valence-electron chi connectivity index (χ1n) is 9.49. The average Bonchev–Trinajstić information content (AvgIpc) is 2.40. The lowest BCUT2D eigenvalue weighted by atomic mass is 9.65. The third-order valence-corrected chi connectivity index (χ3v) is 5.82. The first-order chi connectivity index (χ1) is 9.81. The third kappa shape index (κ3) is 6.57. The van der Waals surface area contributed by atoms with Crippen molar-refractivity contribution >= 4 is 0 Å². The monoisotopic (exact) mass is 292 g/mol. The summed E-state index contributed by atoms with van der Waals surface area (Å²) in [5.74, 6) is 6.10. The van der Waals surface area contributed by atoms with Crippen LogP contribution in [0.2, 0.25) is 0 Å². The van der Waals surface area contributed by atoms with Crippen LogP contribution in [0.1, 0.15) is 80.6 Å². The average molecular weight is 293 g/mol. The first-order valence-corrected chi connectivity index (χ1v) is 9.49. The Morgan fingerprint density at radius 1 is 0.857 bits per heavy atom. The minimum Gasteiger partial charge on any atom is -0.0857 e. The van der Waals surface area contributed by atoms with Gasteiger partial charge in [0.2, 0.25) is 0 Å². The van der Waals surface area contributed by atoms with Crippen LogP contribution in [0.4, 0.5) is 0 Å². The molecule has 124 valence electrons. The Morgan fingerprint density at radius 3 is 2.00 bits per heavy atom. The second-order valence-electron chi connectivity index (χ2n) is 8.63. The van der Waals surface area contributed by atoms with E-state index in [0.717, 1.165) is 35.5 Å². The van der Waals surface area contributed by atoms with Gasteiger partial charge >= 0.3 is 0 Å². The molecule has 0 radical (unpaired) electrons. The minimum absolute atomic E-state index is 0.692. The zero-order chi connectivity index (χ0) is 16.0. The summed E-state index contributed by atoms with van der Waals surface area (Å²) >= 11 is 0. The van der Waals surface area contributed by atoms with Gasteiger partial charge in [-0.1, -0.05) is 60.6 Å². The molecule has 1 rings (SSSR count). The van der Waals surface area contributed by atoms with E-state index in [-0.39, 0.29) is 0 Å².